The number of hydrogen-bond acceptors (Lipinski definition) is 1. The Morgan fingerprint density at radius 3 is 2.25 bits per heavy atom. The summed E-state index contributed by atoms with van der Waals surface area (Å²) in [5.74, 6) is 0. The van der Waals surface area contributed by atoms with Gasteiger partial charge in [0.25, 0.3) is 5.56 Å². The molecule has 0 saturated heterocycles. The minimum absolute atomic E-state index is 0.00192. The number of aromatic amines is 1. The Balaban J connectivity index is 2.55. The van der Waals surface area contributed by atoms with E-state index in [-0.39, 0.29) is 10.2 Å². The van der Waals surface area contributed by atoms with Crippen LogP contribution < -0.4 is 5.56 Å². The third-order valence-corrected chi connectivity index (χ3v) is 2.11. The van der Waals surface area contributed by atoms with Gasteiger partial charge in [0.15, 0.2) is 0 Å². The quantitative estimate of drug-likeness (QED) is 0.799. The van der Waals surface area contributed by atoms with Crippen LogP contribution in [0.1, 0.15) is 0 Å². The second-order valence-electron chi connectivity index (χ2n) is 3.16. The van der Waals surface area contributed by atoms with Gasteiger partial charge >= 0.3 is 6.30 Å². The number of hydrogen-bond donors (Lipinski definition) is 1. The molecule has 2 rings (SSSR count). The van der Waals surface area contributed by atoms with Crippen molar-refractivity contribution in [2.45, 2.75) is 6.30 Å². The minimum Gasteiger partial charge on any atom is -0.295 e. The fourth-order valence-corrected chi connectivity index (χ4v) is 1.38. The first-order chi connectivity index (χ1) is 7.50. The number of alkyl halides is 3. The number of aromatic nitrogens is 2. The molecular formula is C10H7F3N2O. The topological polar surface area (TPSA) is 37.8 Å². The minimum atomic E-state index is -4.72. The van der Waals surface area contributed by atoms with Crippen molar-refractivity contribution in [3.63, 3.8) is 0 Å². The van der Waals surface area contributed by atoms with E-state index in [1.54, 1.807) is 30.3 Å². The lowest BCUT2D eigenvalue weighted by atomic mass is 10.1. The molecule has 1 heterocycles. The molecule has 16 heavy (non-hydrogen) atoms. The Morgan fingerprint density at radius 2 is 1.75 bits per heavy atom. The largest absolute Gasteiger partial charge is 0.505 e. The molecule has 0 unspecified atom stereocenters. The van der Waals surface area contributed by atoms with Crippen LogP contribution in [0.3, 0.4) is 0 Å². The van der Waals surface area contributed by atoms with Crippen molar-refractivity contribution >= 4 is 0 Å². The molecule has 2 aromatic rings. The molecule has 0 bridgehead atoms. The van der Waals surface area contributed by atoms with E-state index >= 15 is 0 Å². The second kappa shape index (κ2) is 3.55. The number of halogens is 3. The van der Waals surface area contributed by atoms with Crippen LogP contribution in [-0.4, -0.2) is 9.78 Å². The highest BCUT2D eigenvalue weighted by molar-refractivity contribution is 5.61. The normalized spacial score (nSPS) is 11.7. The van der Waals surface area contributed by atoms with E-state index < -0.39 is 11.9 Å². The van der Waals surface area contributed by atoms with Gasteiger partial charge in [-0.15, -0.1) is 13.2 Å². The Labute approximate surface area is 88.1 Å². The standard InChI is InChI=1S/C10H7F3N2O/c11-10(12,13)15-9(16)8(6-14-15)7-4-2-1-3-5-7/h1-6,14H. The summed E-state index contributed by atoms with van der Waals surface area (Å²) in [5, 5.41) is 1.89. The van der Waals surface area contributed by atoms with Gasteiger partial charge in [0.2, 0.25) is 0 Å². The number of benzene rings is 1. The summed E-state index contributed by atoms with van der Waals surface area (Å²) < 4.78 is 36.6. The van der Waals surface area contributed by atoms with Gasteiger partial charge < -0.3 is 0 Å². The molecule has 0 atom stereocenters. The molecule has 84 valence electrons. The summed E-state index contributed by atoms with van der Waals surface area (Å²) in [5.41, 5.74) is -0.650. The predicted molar refractivity (Wildman–Crippen MR) is 51.8 cm³/mol. The van der Waals surface area contributed by atoms with Crippen LogP contribution in [0, 0.1) is 0 Å². The lowest BCUT2D eigenvalue weighted by Gasteiger charge is -2.04. The number of nitrogens with one attached hydrogen (secondary N) is 1. The molecular weight excluding hydrogens is 221 g/mol. The molecule has 0 aliphatic carbocycles. The summed E-state index contributed by atoms with van der Waals surface area (Å²) in [6.45, 7) is 0. The van der Waals surface area contributed by atoms with Gasteiger partial charge in [0, 0.05) is 6.20 Å². The molecule has 0 fully saturated rings. The van der Waals surface area contributed by atoms with Crippen LogP contribution in [0.4, 0.5) is 13.2 Å². The Kier molecular flexibility index (Phi) is 2.34. The van der Waals surface area contributed by atoms with Gasteiger partial charge in [-0.2, -0.15) is 4.68 Å². The smallest absolute Gasteiger partial charge is 0.295 e. The Hall–Kier alpha value is -1.98. The van der Waals surface area contributed by atoms with Crippen LogP contribution in [0.25, 0.3) is 11.1 Å². The van der Waals surface area contributed by atoms with E-state index in [2.05, 4.69) is 0 Å². The monoisotopic (exact) mass is 228 g/mol. The number of nitrogens with zero attached hydrogens (tertiary/aromatic N) is 1. The van der Waals surface area contributed by atoms with Crippen molar-refractivity contribution in [2.75, 3.05) is 0 Å². The molecule has 1 N–H and O–H groups in total. The Morgan fingerprint density at radius 1 is 1.12 bits per heavy atom. The predicted octanol–water partition coefficient (Wildman–Crippen LogP) is 2.32. The number of rotatable bonds is 1. The van der Waals surface area contributed by atoms with Crippen LogP contribution in [0.2, 0.25) is 0 Å². The zero-order valence-electron chi connectivity index (χ0n) is 7.95. The van der Waals surface area contributed by atoms with Gasteiger partial charge in [-0.25, -0.2) is 0 Å². The van der Waals surface area contributed by atoms with E-state index in [0.29, 0.717) is 5.56 Å². The molecule has 0 radical (unpaired) electrons. The highest BCUT2D eigenvalue weighted by Gasteiger charge is 2.34. The highest BCUT2D eigenvalue weighted by atomic mass is 19.4. The van der Waals surface area contributed by atoms with Crippen LogP contribution in [0.15, 0.2) is 41.3 Å². The third-order valence-electron chi connectivity index (χ3n) is 2.11. The van der Waals surface area contributed by atoms with E-state index in [1.807, 2.05) is 5.10 Å². The first-order valence-electron chi connectivity index (χ1n) is 4.43. The molecule has 0 aliphatic heterocycles. The zero-order chi connectivity index (χ0) is 11.8. The average Bonchev–Trinajstić information content (AvgIpc) is 2.61. The Bertz CT molecular complexity index is 539. The van der Waals surface area contributed by atoms with Crippen molar-refractivity contribution in [3.05, 3.63) is 46.9 Å². The highest BCUT2D eigenvalue weighted by Crippen LogP contribution is 2.21. The van der Waals surface area contributed by atoms with E-state index in [0.717, 1.165) is 6.20 Å². The molecule has 6 heteroatoms. The van der Waals surface area contributed by atoms with Crippen LogP contribution in [0.5, 0.6) is 0 Å². The molecule has 0 spiro atoms. The van der Waals surface area contributed by atoms with E-state index in [1.165, 1.54) is 0 Å². The maximum absolute atomic E-state index is 12.3. The van der Waals surface area contributed by atoms with Gasteiger partial charge in [-0.05, 0) is 5.56 Å². The first-order valence-corrected chi connectivity index (χ1v) is 4.43. The molecule has 1 aromatic carbocycles. The molecule has 3 nitrogen and oxygen atoms in total. The zero-order valence-corrected chi connectivity index (χ0v) is 7.95. The summed E-state index contributed by atoms with van der Waals surface area (Å²) in [6.07, 6.45) is -3.67. The fraction of sp³-hybridized carbons (Fsp3) is 0.100. The summed E-state index contributed by atoms with van der Waals surface area (Å²) in [6, 6.07) is 8.18. The first kappa shape index (κ1) is 10.5. The second-order valence-corrected chi connectivity index (χ2v) is 3.16. The van der Waals surface area contributed by atoms with Gasteiger partial charge in [-0.3, -0.25) is 9.89 Å². The molecule has 0 amide bonds. The van der Waals surface area contributed by atoms with E-state index in [4.69, 9.17) is 0 Å². The summed E-state index contributed by atoms with van der Waals surface area (Å²) in [4.78, 5) is 11.4. The van der Waals surface area contributed by atoms with Gasteiger partial charge in [0.1, 0.15) is 0 Å². The van der Waals surface area contributed by atoms with E-state index in [9.17, 15) is 18.0 Å². The fourth-order valence-electron chi connectivity index (χ4n) is 1.38. The lowest BCUT2D eigenvalue weighted by molar-refractivity contribution is -0.214. The molecule has 0 saturated carbocycles. The van der Waals surface area contributed by atoms with Crippen molar-refractivity contribution in [3.8, 4) is 11.1 Å². The van der Waals surface area contributed by atoms with Crippen LogP contribution >= 0.6 is 0 Å². The molecule has 1 aromatic heterocycles. The van der Waals surface area contributed by atoms with Crippen molar-refractivity contribution < 1.29 is 13.2 Å². The van der Waals surface area contributed by atoms with Crippen molar-refractivity contribution in [1.82, 2.24) is 9.78 Å². The maximum Gasteiger partial charge on any atom is 0.505 e. The average molecular weight is 228 g/mol. The summed E-state index contributed by atoms with van der Waals surface area (Å²) >= 11 is 0. The molecule has 0 aliphatic rings. The van der Waals surface area contributed by atoms with Gasteiger partial charge in [-0.1, -0.05) is 30.3 Å². The van der Waals surface area contributed by atoms with Crippen molar-refractivity contribution in [2.24, 2.45) is 0 Å². The number of H-pyrrole nitrogens is 1. The third kappa shape index (κ3) is 1.73. The van der Waals surface area contributed by atoms with Crippen LogP contribution in [-0.2, 0) is 6.30 Å². The van der Waals surface area contributed by atoms with Crippen molar-refractivity contribution in [1.29, 1.82) is 0 Å². The maximum atomic E-state index is 12.3. The summed E-state index contributed by atoms with van der Waals surface area (Å²) in [7, 11) is 0. The SMILES string of the molecule is O=c1c(-c2ccccc2)c[nH]n1C(F)(F)F. The lowest BCUT2D eigenvalue weighted by Crippen LogP contribution is -2.29. The van der Waals surface area contributed by atoms with Gasteiger partial charge in [0.05, 0.1) is 5.56 Å².